The summed E-state index contributed by atoms with van der Waals surface area (Å²) in [5, 5.41) is 2.73. The fourth-order valence-corrected chi connectivity index (χ4v) is 1.25. The van der Waals surface area contributed by atoms with Crippen LogP contribution in [0.1, 0.15) is 10.4 Å². The van der Waals surface area contributed by atoms with Crippen molar-refractivity contribution in [2.75, 3.05) is 10.7 Å². The number of anilines is 2. The molecule has 0 bridgehead atoms. The van der Waals surface area contributed by atoms with E-state index in [-0.39, 0.29) is 5.91 Å². The molecule has 0 spiro atoms. The summed E-state index contributed by atoms with van der Waals surface area (Å²) in [6.45, 7) is 0. The Labute approximate surface area is 97.9 Å². The Hall–Kier alpha value is -2.47. The first kappa shape index (κ1) is 11.0. The molecule has 86 valence electrons. The topological polar surface area (TPSA) is 92.9 Å². The lowest BCUT2D eigenvalue weighted by atomic mass is 10.2. The van der Waals surface area contributed by atoms with Gasteiger partial charge in [-0.1, -0.05) is 0 Å². The number of hydrogen-bond acceptors (Lipinski definition) is 5. The van der Waals surface area contributed by atoms with Crippen LogP contribution in [0.4, 0.5) is 11.5 Å². The molecule has 1 amide bonds. The zero-order valence-corrected chi connectivity index (χ0v) is 8.92. The molecule has 6 heteroatoms. The van der Waals surface area contributed by atoms with Crippen molar-refractivity contribution in [3.63, 3.8) is 0 Å². The minimum absolute atomic E-state index is 0.229. The lowest BCUT2D eigenvalue weighted by Crippen LogP contribution is -2.13. The van der Waals surface area contributed by atoms with Crippen LogP contribution in [0.5, 0.6) is 0 Å². The third-order valence-electron chi connectivity index (χ3n) is 2.11. The molecule has 0 aliphatic carbocycles. The Kier molecular flexibility index (Phi) is 3.27. The van der Waals surface area contributed by atoms with Crippen molar-refractivity contribution in [2.24, 2.45) is 5.84 Å². The van der Waals surface area contributed by atoms with Crippen LogP contribution in [0.2, 0.25) is 0 Å². The van der Waals surface area contributed by atoms with Gasteiger partial charge >= 0.3 is 0 Å². The van der Waals surface area contributed by atoms with E-state index in [2.05, 4.69) is 20.7 Å². The lowest BCUT2D eigenvalue weighted by molar-refractivity contribution is 0.102. The molecule has 0 saturated carbocycles. The van der Waals surface area contributed by atoms with Crippen molar-refractivity contribution in [3.8, 4) is 0 Å². The summed E-state index contributed by atoms with van der Waals surface area (Å²) in [4.78, 5) is 19.6. The molecule has 0 fully saturated rings. The first-order valence-electron chi connectivity index (χ1n) is 4.93. The molecule has 0 atom stereocenters. The highest BCUT2D eigenvalue weighted by molar-refractivity contribution is 6.04. The Morgan fingerprint density at radius 3 is 2.53 bits per heavy atom. The lowest BCUT2D eigenvalue weighted by Gasteiger charge is -2.05. The van der Waals surface area contributed by atoms with Gasteiger partial charge in [0.25, 0.3) is 5.91 Å². The van der Waals surface area contributed by atoms with E-state index in [4.69, 9.17) is 5.84 Å². The van der Waals surface area contributed by atoms with Gasteiger partial charge in [-0.05, 0) is 24.3 Å². The summed E-state index contributed by atoms with van der Waals surface area (Å²) in [6.07, 6.45) is 4.66. The van der Waals surface area contributed by atoms with Gasteiger partial charge in [-0.15, -0.1) is 0 Å². The molecule has 4 N–H and O–H groups in total. The summed E-state index contributed by atoms with van der Waals surface area (Å²) in [5.74, 6) is 5.46. The standard InChI is InChI=1S/C11H11N5O/c12-16-10-2-1-8(7-14-10)11(17)15-9-3-5-13-6-4-9/h1-7H,12H2,(H,14,16)(H,13,15,17). The summed E-state index contributed by atoms with van der Waals surface area (Å²) >= 11 is 0. The molecule has 2 aromatic rings. The monoisotopic (exact) mass is 229 g/mol. The number of nitrogens with one attached hydrogen (secondary N) is 2. The predicted octanol–water partition coefficient (Wildman–Crippen LogP) is 1.01. The third kappa shape index (κ3) is 2.76. The zero-order valence-electron chi connectivity index (χ0n) is 8.92. The maximum absolute atomic E-state index is 11.8. The number of nitrogens with zero attached hydrogens (tertiary/aromatic N) is 2. The molecular weight excluding hydrogens is 218 g/mol. The quantitative estimate of drug-likeness (QED) is 0.539. The number of hydrazine groups is 1. The van der Waals surface area contributed by atoms with Gasteiger partial charge in [0.05, 0.1) is 5.56 Å². The number of hydrogen-bond donors (Lipinski definition) is 3. The van der Waals surface area contributed by atoms with E-state index in [9.17, 15) is 4.79 Å². The van der Waals surface area contributed by atoms with Crippen LogP contribution >= 0.6 is 0 Å². The second-order valence-electron chi connectivity index (χ2n) is 3.27. The molecule has 0 aromatic carbocycles. The number of pyridine rings is 2. The number of amides is 1. The summed E-state index contributed by atoms with van der Waals surface area (Å²) in [7, 11) is 0. The number of aromatic nitrogens is 2. The van der Waals surface area contributed by atoms with E-state index in [1.807, 2.05) is 0 Å². The third-order valence-corrected chi connectivity index (χ3v) is 2.11. The van der Waals surface area contributed by atoms with Gasteiger partial charge in [0, 0.05) is 24.3 Å². The van der Waals surface area contributed by atoms with E-state index in [0.29, 0.717) is 17.1 Å². The van der Waals surface area contributed by atoms with Crippen molar-refractivity contribution in [3.05, 3.63) is 48.4 Å². The smallest absolute Gasteiger partial charge is 0.257 e. The maximum atomic E-state index is 11.8. The minimum atomic E-state index is -0.229. The van der Waals surface area contributed by atoms with E-state index in [0.717, 1.165) is 0 Å². The van der Waals surface area contributed by atoms with Gasteiger partial charge in [0.1, 0.15) is 5.82 Å². The number of carbonyl (C=O) groups is 1. The van der Waals surface area contributed by atoms with Crippen molar-refractivity contribution in [1.82, 2.24) is 9.97 Å². The molecule has 0 radical (unpaired) electrons. The van der Waals surface area contributed by atoms with Gasteiger partial charge in [-0.2, -0.15) is 0 Å². The molecule has 6 nitrogen and oxygen atoms in total. The van der Waals surface area contributed by atoms with Gasteiger partial charge in [0.2, 0.25) is 0 Å². The average Bonchev–Trinajstić information content (AvgIpc) is 2.40. The summed E-state index contributed by atoms with van der Waals surface area (Å²) in [5.41, 5.74) is 3.54. The molecule has 2 rings (SSSR count). The highest BCUT2D eigenvalue weighted by Crippen LogP contribution is 2.08. The Balaban J connectivity index is 2.09. The molecule has 2 aromatic heterocycles. The van der Waals surface area contributed by atoms with Crippen LogP contribution in [0.3, 0.4) is 0 Å². The summed E-state index contributed by atoms with van der Waals surface area (Å²) < 4.78 is 0. The number of rotatable bonds is 3. The highest BCUT2D eigenvalue weighted by atomic mass is 16.1. The van der Waals surface area contributed by atoms with E-state index in [1.54, 1.807) is 36.7 Å². The molecule has 0 unspecified atom stereocenters. The van der Waals surface area contributed by atoms with E-state index >= 15 is 0 Å². The van der Waals surface area contributed by atoms with Crippen LogP contribution in [-0.2, 0) is 0 Å². The molecule has 0 aliphatic rings. The Bertz CT molecular complexity index is 497. The molecule has 0 aliphatic heterocycles. The maximum Gasteiger partial charge on any atom is 0.257 e. The molecule has 0 saturated heterocycles. The second-order valence-corrected chi connectivity index (χ2v) is 3.27. The second kappa shape index (κ2) is 5.04. The molecule has 2 heterocycles. The van der Waals surface area contributed by atoms with Crippen LogP contribution < -0.4 is 16.6 Å². The van der Waals surface area contributed by atoms with Crippen LogP contribution in [0, 0.1) is 0 Å². The number of nitrogens with two attached hydrogens (primary N) is 1. The number of carbonyl (C=O) groups excluding carboxylic acids is 1. The molecular formula is C11H11N5O. The first-order valence-corrected chi connectivity index (χ1v) is 4.93. The minimum Gasteiger partial charge on any atom is -0.322 e. The Morgan fingerprint density at radius 1 is 1.18 bits per heavy atom. The molecule has 17 heavy (non-hydrogen) atoms. The van der Waals surface area contributed by atoms with Gasteiger partial charge in [0.15, 0.2) is 0 Å². The average molecular weight is 229 g/mol. The fraction of sp³-hybridized carbons (Fsp3) is 0. The first-order chi connectivity index (χ1) is 8.29. The normalized spacial score (nSPS) is 9.71. The SMILES string of the molecule is NNc1ccc(C(=O)Nc2ccncc2)cn1. The van der Waals surface area contributed by atoms with Crippen LogP contribution in [0.25, 0.3) is 0 Å². The van der Waals surface area contributed by atoms with Crippen molar-refractivity contribution < 1.29 is 4.79 Å². The zero-order chi connectivity index (χ0) is 12.1. The van der Waals surface area contributed by atoms with Gasteiger partial charge in [-0.25, -0.2) is 10.8 Å². The van der Waals surface area contributed by atoms with Crippen LogP contribution in [-0.4, -0.2) is 15.9 Å². The van der Waals surface area contributed by atoms with Gasteiger partial charge < -0.3 is 10.7 Å². The fourth-order valence-electron chi connectivity index (χ4n) is 1.25. The van der Waals surface area contributed by atoms with E-state index in [1.165, 1.54) is 6.20 Å². The van der Waals surface area contributed by atoms with Crippen LogP contribution in [0.15, 0.2) is 42.9 Å². The van der Waals surface area contributed by atoms with Crippen molar-refractivity contribution in [1.29, 1.82) is 0 Å². The Morgan fingerprint density at radius 2 is 1.94 bits per heavy atom. The predicted molar refractivity (Wildman–Crippen MR) is 64.2 cm³/mol. The highest BCUT2D eigenvalue weighted by Gasteiger charge is 2.06. The van der Waals surface area contributed by atoms with Crippen molar-refractivity contribution >= 4 is 17.4 Å². The summed E-state index contributed by atoms with van der Waals surface area (Å²) in [6, 6.07) is 6.68. The van der Waals surface area contributed by atoms with Crippen molar-refractivity contribution in [2.45, 2.75) is 0 Å². The van der Waals surface area contributed by atoms with Gasteiger partial charge in [-0.3, -0.25) is 9.78 Å². The largest absolute Gasteiger partial charge is 0.322 e. The number of nitrogen functional groups attached to an aromatic ring is 1. The van der Waals surface area contributed by atoms with E-state index < -0.39 is 0 Å².